The van der Waals surface area contributed by atoms with Crippen LogP contribution in [0, 0.1) is 18.8 Å². The van der Waals surface area contributed by atoms with E-state index in [0.29, 0.717) is 0 Å². The molecule has 0 unspecified atom stereocenters. The van der Waals surface area contributed by atoms with E-state index in [1.54, 1.807) is 37.3 Å². The molecule has 1 aliphatic rings. The summed E-state index contributed by atoms with van der Waals surface area (Å²) in [5.74, 6) is -2.98. The Morgan fingerprint density at radius 1 is 0.791 bits per heavy atom. The second-order valence-electron chi connectivity index (χ2n) is 10.6. The molecule has 1 aromatic rings. The van der Waals surface area contributed by atoms with Crippen LogP contribution in [-0.4, -0.2) is 76.7 Å². The van der Waals surface area contributed by atoms with E-state index < -0.39 is 63.9 Å². The Bertz CT molecular complexity index is 1280. The summed E-state index contributed by atoms with van der Waals surface area (Å²) in [5, 5.41) is 5.14. The monoisotopic (exact) mass is 621 g/mol. The first-order chi connectivity index (χ1) is 20.2. The van der Waals surface area contributed by atoms with Crippen molar-refractivity contribution in [3.63, 3.8) is 0 Å². The quantitative estimate of drug-likeness (QED) is 0.336. The Balaban J connectivity index is 2.27. The van der Waals surface area contributed by atoms with Gasteiger partial charge in [0.05, 0.1) is 17.0 Å². The van der Waals surface area contributed by atoms with E-state index in [1.807, 2.05) is 13.8 Å². The summed E-state index contributed by atoms with van der Waals surface area (Å²) in [4.78, 5) is 50.1. The zero-order valence-electron chi connectivity index (χ0n) is 25.5. The average Bonchev–Trinajstić information content (AvgIpc) is 2.94. The summed E-state index contributed by atoms with van der Waals surface area (Å²) >= 11 is 0. The number of carbonyl (C=O) groups excluding carboxylic acids is 4. The van der Waals surface area contributed by atoms with Gasteiger partial charge in [-0.25, -0.2) is 22.7 Å². The number of carbonyl (C=O) groups is 4. The van der Waals surface area contributed by atoms with E-state index in [9.17, 15) is 27.6 Å². The highest BCUT2D eigenvalue weighted by molar-refractivity contribution is 7.89. The lowest BCUT2D eigenvalue weighted by molar-refractivity contribution is -0.151. The number of rotatable bonds is 4. The van der Waals surface area contributed by atoms with Gasteiger partial charge in [-0.3, -0.25) is 9.59 Å². The van der Waals surface area contributed by atoms with Crippen molar-refractivity contribution in [2.45, 2.75) is 76.6 Å². The third kappa shape index (κ3) is 11.9. The molecule has 0 spiro atoms. The van der Waals surface area contributed by atoms with Gasteiger partial charge in [0.1, 0.15) is 25.3 Å². The standard InChI is InChI=1S/C30H43N3O9S/c1-19-13-15-24(16-14-19)43(38,39)33-25-17-41-29(36)22(4)31-28(35)12-8-10-21(3)26(40-6)18-42-30(37)23(5)32-27(34)11-7-9-20(25)2/h7-10,13-16,20-23,25-26,33H,11-12,17-18H2,1-6H3,(H,31,35)(H,32,34)/t20-,21-,22+,23-,25-,26-/m1/s1. The number of cyclic esters (lactones) is 2. The van der Waals surface area contributed by atoms with Crippen LogP contribution in [0.4, 0.5) is 0 Å². The summed E-state index contributed by atoms with van der Waals surface area (Å²) < 4.78 is 45.0. The molecule has 43 heavy (non-hydrogen) atoms. The van der Waals surface area contributed by atoms with Crippen molar-refractivity contribution in [1.82, 2.24) is 15.4 Å². The largest absolute Gasteiger partial charge is 0.462 e. The van der Waals surface area contributed by atoms with Crippen molar-refractivity contribution in [2.24, 2.45) is 11.8 Å². The van der Waals surface area contributed by atoms with E-state index in [2.05, 4.69) is 15.4 Å². The van der Waals surface area contributed by atoms with Crippen molar-refractivity contribution < 1.29 is 41.8 Å². The maximum absolute atomic E-state index is 13.1. The van der Waals surface area contributed by atoms with Crippen LogP contribution in [0.1, 0.15) is 46.1 Å². The molecule has 0 saturated carbocycles. The molecule has 0 saturated heterocycles. The minimum absolute atomic E-state index is 0.0257. The van der Waals surface area contributed by atoms with E-state index >= 15 is 0 Å². The predicted octanol–water partition coefficient (Wildman–Crippen LogP) is 1.93. The smallest absolute Gasteiger partial charge is 0.328 e. The minimum Gasteiger partial charge on any atom is -0.462 e. The number of aryl methyl sites for hydroxylation is 1. The van der Waals surface area contributed by atoms with Gasteiger partial charge in [-0.1, -0.05) is 55.8 Å². The number of nitrogens with one attached hydrogen (secondary N) is 3. The zero-order valence-corrected chi connectivity index (χ0v) is 26.3. The molecule has 12 nitrogen and oxygen atoms in total. The molecule has 1 heterocycles. The molecule has 2 amide bonds. The van der Waals surface area contributed by atoms with Crippen LogP contribution >= 0.6 is 0 Å². The normalized spacial score (nSPS) is 27.6. The summed E-state index contributed by atoms with van der Waals surface area (Å²) in [6.45, 7) is 7.94. The second kappa shape index (κ2) is 16.9. The molecule has 0 fully saturated rings. The molecule has 0 bridgehead atoms. The maximum Gasteiger partial charge on any atom is 0.328 e. The van der Waals surface area contributed by atoms with Gasteiger partial charge in [0, 0.05) is 25.9 Å². The predicted molar refractivity (Wildman–Crippen MR) is 159 cm³/mol. The summed E-state index contributed by atoms with van der Waals surface area (Å²) in [6, 6.07) is 3.47. The first-order valence-electron chi connectivity index (χ1n) is 14.1. The molecule has 3 N–H and O–H groups in total. The van der Waals surface area contributed by atoms with Gasteiger partial charge >= 0.3 is 11.9 Å². The first kappa shape index (κ1) is 35.6. The lowest BCUT2D eigenvalue weighted by atomic mass is 10.0. The third-order valence-corrected chi connectivity index (χ3v) is 8.41. The number of hydrogen-bond donors (Lipinski definition) is 3. The lowest BCUT2D eigenvalue weighted by Crippen LogP contribution is -2.45. The molecule has 238 valence electrons. The Morgan fingerprint density at radius 3 is 1.79 bits per heavy atom. The number of esters is 2. The van der Waals surface area contributed by atoms with Gasteiger partial charge in [0.15, 0.2) is 0 Å². The molecule has 0 aromatic heterocycles. The molecule has 0 radical (unpaired) electrons. The highest BCUT2D eigenvalue weighted by atomic mass is 32.2. The molecule has 1 aromatic carbocycles. The molecular weight excluding hydrogens is 578 g/mol. The second-order valence-corrected chi connectivity index (χ2v) is 12.4. The maximum atomic E-state index is 13.1. The molecular formula is C30H43N3O9S. The number of ether oxygens (including phenoxy) is 3. The topological polar surface area (TPSA) is 166 Å². The van der Waals surface area contributed by atoms with Gasteiger partial charge in [-0.2, -0.15) is 0 Å². The van der Waals surface area contributed by atoms with E-state index in [-0.39, 0.29) is 36.9 Å². The number of amides is 2. The van der Waals surface area contributed by atoms with Crippen molar-refractivity contribution in [2.75, 3.05) is 20.3 Å². The Kier molecular flexibility index (Phi) is 14.0. The van der Waals surface area contributed by atoms with Crippen LogP contribution < -0.4 is 15.4 Å². The molecule has 2 rings (SSSR count). The SMILES string of the molecule is CO[C@@H]1COC(=O)[C@@H](C)NC(=O)CC=C[C@@H](C)[C@H](NS(=O)(=O)c2ccc(C)cc2)COC(=O)[C@H](C)NC(=O)CC=C[C@H]1C. The fourth-order valence-electron chi connectivity index (χ4n) is 4.05. The van der Waals surface area contributed by atoms with Crippen LogP contribution in [0.5, 0.6) is 0 Å². The average molecular weight is 622 g/mol. The fourth-order valence-corrected chi connectivity index (χ4v) is 5.37. The highest BCUT2D eigenvalue weighted by Crippen LogP contribution is 2.15. The van der Waals surface area contributed by atoms with Gasteiger partial charge in [0.2, 0.25) is 21.8 Å². The van der Waals surface area contributed by atoms with Crippen LogP contribution in [0.3, 0.4) is 0 Å². The fraction of sp³-hybridized carbons (Fsp3) is 0.533. The van der Waals surface area contributed by atoms with Crippen molar-refractivity contribution >= 4 is 33.8 Å². The van der Waals surface area contributed by atoms with Crippen LogP contribution in [-0.2, 0) is 43.4 Å². The van der Waals surface area contributed by atoms with Crippen molar-refractivity contribution in [1.29, 1.82) is 0 Å². The summed E-state index contributed by atoms with van der Waals surface area (Å²) in [5.41, 5.74) is 0.888. The van der Waals surface area contributed by atoms with Gasteiger partial charge < -0.3 is 24.8 Å². The van der Waals surface area contributed by atoms with Crippen molar-refractivity contribution in [3.8, 4) is 0 Å². The summed E-state index contributed by atoms with van der Waals surface area (Å²) in [6.07, 6.45) is 5.90. The first-order valence-corrected chi connectivity index (χ1v) is 15.6. The van der Waals surface area contributed by atoms with E-state index in [4.69, 9.17) is 14.2 Å². The van der Waals surface area contributed by atoms with Gasteiger partial charge in [-0.05, 0) is 38.8 Å². The lowest BCUT2D eigenvalue weighted by Gasteiger charge is -2.24. The Morgan fingerprint density at radius 2 is 1.28 bits per heavy atom. The van der Waals surface area contributed by atoms with Crippen LogP contribution in [0.2, 0.25) is 0 Å². The number of sulfonamides is 1. The van der Waals surface area contributed by atoms with Gasteiger partial charge in [0.25, 0.3) is 0 Å². The number of hydrogen-bond acceptors (Lipinski definition) is 9. The van der Waals surface area contributed by atoms with E-state index in [0.717, 1.165) is 5.56 Å². The van der Waals surface area contributed by atoms with Crippen LogP contribution in [0.25, 0.3) is 0 Å². The zero-order chi connectivity index (χ0) is 32.2. The molecule has 6 atom stereocenters. The molecule has 0 aliphatic carbocycles. The van der Waals surface area contributed by atoms with Crippen molar-refractivity contribution in [3.05, 3.63) is 54.1 Å². The Hall–Kier alpha value is -3.55. The highest BCUT2D eigenvalue weighted by Gasteiger charge is 2.27. The van der Waals surface area contributed by atoms with E-state index in [1.165, 1.54) is 39.2 Å². The van der Waals surface area contributed by atoms with Gasteiger partial charge in [-0.15, -0.1) is 0 Å². The number of methoxy groups -OCH3 is 1. The Labute approximate surface area is 253 Å². The summed E-state index contributed by atoms with van der Waals surface area (Å²) in [7, 11) is -2.51. The number of benzene rings is 1. The molecule has 13 heteroatoms. The minimum atomic E-state index is -3.99. The third-order valence-electron chi connectivity index (χ3n) is 6.90. The molecule has 1 aliphatic heterocycles. The van der Waals surface area contributed by atoms with Crippen LogP contribution in [0.15, 0.2) is 53.5 Å².